The largest absolute Gasteiger partial charge is 0.481 e. The lowest BCUT2D eigenvalue weighted by Gasteiger charge is -2.09. The minimum atomic E-state index is -3.55. The summed E-state index contributed by atoms with van der Waals surface area (Å²) in [6, 6.07) is 0. The van der Waals surface area contributed by atoms with Gasteiger partial charge in [-0.05, 0) is 18.8 Å². The predicted octanol–water partition coefficient (Wildman–Crippen LogP) is 0.826. The SMILES string of the molecule is O=C(O)CCn1cc(S(=O)(=O)NCC2CCCC2)cn1. The van der Waals surface area contributed by atoms with E-state index in [0.717, 1.165) is 12.8 Å². The van der Waals surface area contributed by atoms with E-state index in [1.54, 1.807) is 0 Å². The van der Waals surface area contributed by atoms with Gasteiger partial charge in [-0.3, -0.25) is 9.48 Å². The highest BCUT2D eigenvalue weighted by molar-refractivity contribution is 7.89. The lowest BCUT2D eigenvalue weighted by Crippen LogP contribution is -2.28. The summed E-state index contributed by atoms with van der Waals surface area (Å²) in [6.45, 7) is 0.621. The zero-order valence-corrected chi connectivity index (χ0v) is 12.0. The summed E-state index contributed by atoms with van der Waals surface area (Å²) in [4.78, 5) is 10.5. The van der Waals surface area contributed by atoms with Crippen LogP contribution in [-0.4, -0.2) is 35.8 Å². The molecule has 2 N–H and O–H groups in total. The van der Waals surface area contributed by atoms with E-state index in [2.05, 4.69) is 9.82 Å². The molecule has 0 bridgehead atoms. The molecule has 1 aromatic rings. The number of hydrogen-bond donors (Lipinski definition) is 2. The van der Waals surface area contributed by atoms with Crippen molar-refractivity contribution in [2.24, 2.45) is 5.92 Å². The van der Waals surface area contributed by atoms with Gasteiger partial charge in [0, 0.05) is 12.7 Å². The van der Waals surface area contributed by atoms with Gasteiger partial charge in [0.1, 0.15) is 4.90 Å². The highest BCUT2D eigenvalue weighted by atomic mass is 32.2. The van der Waals surface area contributed by atoms with Crippen LogP contribution in [0, 0.1) is 5.92 Å². The molecular formula is C12H19N3O4S. The van der Waals surface area contributed by atoms with Gasteiger partial charge in [0.25, 0.3) is 0 Å². The summed E-state index contributed by atoms with van der Waals surface area (Å²) in [5, 5.41) is 12.4. The van der Waals surface area contributed by atoms with E-state index in [4.69, 9.17) is 5.11 Å². The van der Waals surface area contributed by atoms with Gasteiger partial charge in [-0.25, -0.2) is 13.1 Å². The number of carboxylic acids is 1. The minimum absolute atomic E-state index is 0.0842. The highest BCUT2D eigenvalue weighted by Crippen LogP contribution is 2.24. The lowest BCUT2D eigenvalue weighted by molar-refractivity contribution is -0.137. The summed E-state index contributed by atoms with van der Waals surface area (Å²) >= 11 is 0. The lowest BCUT2D eigenvalue weighted by atomic mass is 10.1. The quantitative estimate of drug-likeness (QED) is 0.776. The van der Waals surface area contributed by atoms with Crippen LogP contribution in [0.5, 0.6) is 0 Å². The van der Waals surface area contributed by atoms with Crippen molar-refractivity contribution in [3.8, 4) is 0 Å². The molecule has 0 unspecified atom stereocenters. The van der Waals surface area contributed by atoms with Crippen molar-refractivity contribution in [2.45, 2.75) is 43.5 Å². The molecule has 0 atom stereocenters. The molecule has 1 aliphatic rings. The van der Waals surface area contributed by atoms with Crippen molar-refractivity contribution in [1.82, 2.24) is 14.5 Å². The molecule has 1 saturated carbocycles. The Bertz CT molecular complexity index is 561. The molecule has 1 fully saturated rings. The maximum Gasteiger partial charge on any atom is 0.305 e. The molecule has 0 saturated heterocycles. The number of aliphatic carboxylic acids is 1. The molecule has 0 radical (unpaired) electrons. The molecule has 1 aliphatic carbocycles. The number of nitrogens with zero attached hydrogens (tertiary/aromatic N) is 2. The van der Waals surface area contributed by atoms with Crippen LogP contribution in [0.3, 0.4) is 0 Å². The van der Waals surface area contributed by atoms with E-state index in [1.807, 2.05) is 0 Å². The van der Waals surface area contributed by atoms with Gasteiger partial charge in [0.05, 0.1) is 19.2 Å². The first-order chi connectivity index (χ1) is 9.47. The zero-order chi connectivity index (χ0) is 14.6. The maximum absolute atomic E-state index is 12.1. The van der Waals surface area contributed by atoms with Gasteiger partial charge in [-0.15, -0.1) is 0 Å². The highest BCUT2D eigenvalue weighted by Gasteiger charge is 2.20. The van der Waals surface area contributed by atoms with E-state index in [0.29, 0.717) is 12.5 Å². The Morgan fingerprint density at radius 1 is 1.45 bits per heavy atom. The first-order valence-corrected chi connectivity index (χ1v) is 8.19. The monoisotopic (exact) mass is 301 g/mol. The molecule has 8 heteroatoms. The predicted molar refractivity (Wildman–Crippen MR) is 71.6 cm³/mol. The van der Waals surface area contributed by atoms with Crippen LogP contribution in [0.1, 0.15) is 32.1 Å². The second kappa shape index (κ2) is 6.36. The molecule has 0 aromatic carbocycles. The molecular weight excluding hydrogens is 282 g/mol. The number of nitrogens with one attached hydrogen (secondary N) is 1. The molecule has 2 rings (SSSR count). The number of sulfonamides is 1. The number of aromatic nitrogens is 2. The van der Waals surface area contributed by atoms with Crippen molar-refractivity contribution in [3.63, 3.8) is 0 Å². The van der Waals surface area contributed by atoms with E-state index in [-0.39, 0.29) is 17.9 Å². The summed E-state index contributed by atoms with van der Waals surface area (Å²) in [5.74, 6) is -0.518. The fourth-order valence-corrected chi connectivity index (χ4v) is 3.41. The number of carbonyl (C=O) groups is 1. The van der Waals surface area contributed by atoms with Crippen molar-refractivity contribution in [3.05, 3.63) is 12.4 Å². The second-order valence-electron chi connectivity index (χ2n) is 5.09. The van der Waals surface area contributed by atoms with E-state index >= 15 is 0 Å². The van der Waals surface area contributed by atoms with E-state index < -0.39 is 16.0 Å². The average molecular weight is 301 g/mol. The molecule has 20 heavy (non-hydrogen) atoms. The first-order valence-electron chi connectivity index (χ1n) is 6.71. The normalized spacial score (nSPS) is 16.6. The van der Waals surface area contributed by atoms with Gasteiger partial charge < -0.3 is 5.11 Å². The van der Waals surface area contributed by atoms with E-state index in [1.165, 1.54) is 29.9 Å². The molecule has 7 nitrogen and oxygen atoms in total. The molecule has 0 amide bonds. The standard InChI is InChI=1S/C12H19N3O4S/c16-12(17)5-6-15-9-11(8-13-15)20(18,19)14-7-10-3-1-2-4-10/h8-10,14H,1-7H2,(H,16,17). The summed E-state index contributed by atoms with van der Waals surface area (Å²) in [5.41, 5.74) is 0. The second-order valence-corrected chi connectivity index (χ2v) is 6.85. The Hall–Kier alpha value is -1.41. The molecule has 1 heterocycles. The van der Waals surface area contributed by atoms with Crippen LogP contribution in [0.25, 0.3) is 0 Å². The smallest absolute Gasteiger partial charge is 0.305 e. The molecule has 112 valence electrons. The van der Waals surface area contributed by atoms with Crippen LogP contribution in [0.4, 0.5) is 0 Å². The molecule has 0 spiro atoms. The average Bonchev–Trinajstić information content (AvgIpc) is 3.05. The van der Waals surface area contributed by atoms with Crippen LogP contribution in [-0.2, 0) is 21.4 Å². The van der Waals surface area contributed by atoms with Gasteiger partial charge in [0.15, 0.2) is 0 Å². The van der Waals surface area contributed by atoms with Crippen molar-refractivity contribution >= 4 is 16.0 Å². The first kappa shape index (κ1) is 15.0. The molecule has 1 aromatic heterocycles. The van der Waals surface area contributed by atoms with Gasteiger partial charge in [-0.1, -0.05) is 12.8 Å². The molecule has 0 aliphatic heterocycles. The minimum Gasteiger partial charge on any atom is -0.481 e. The van der Waals surface area contributed by atoms with Crippen molar-refractivity contribution < 1.29 is 18.3 Å². The third kappa shape index (κ3) is 4.04. The van der Waals surface area contributed by atoms with Crippen LogP contribution < -0.4 is 4.72 Å². The summed E-state index contributed by atoms with van der Waals surface area (Å²) in [7, 11) is -3.55. The van der Waals surface area contributed by atoms with Crippen LogP contribution >= 0.6 is 0 Å². The van der Waals surface area contributed by atoms with Crippen molar-refractivity contribution in [1.29, 1.82) is 0 Å². The Morgan fingerprint density at radius 3 is 2.80 bits per heavy atom. The van der Waals surface area contributed by atoms with E-state index in [9.17, 15) is 13.2 Å². The summed E-state index contributed by atoms with van der Waals surface area (Å²) in [6.07, 6.45) is 7.00. The van der Waals surface area contributed by atoms with Gasteiger partial charge >= 0.3 is 5.97 Å². The summed E-state index contributed by atoms with van der Waals surface area (Å²) < 4.78 is 28.0. The third-order valence-electron chi connectivity index (χ3n) is 3.51. The number of hydrogen-bond acceptors (Lipinski definition) is 4. The number of rotatable bonds is 7. The Kier molecular flexibility index (Phi) is 4.77. The fourth-order valence-electron chi connectivity index (χ4n) is 2.34. The van der Waals surface area contributed by atoms with Crippen LogP contribution in [0.2, 0.25) is 0 Å². The Balaban J connectivity index is 1.92. The topological polar surface area (TPSA) is 101 Å². The number of carboxylic acid groups (broad SMARTS) is 1. The Morgan fingerprint density at radius 2 is 2.15 bits per heavy atom. The fraction of sp³-hybridized carbons (Fsp3) is 0.667. The maximum atomic E-state index is 12.1. The zero-order valence-electron chi connectivity index (χ0n) is 11.2. The van der Waals surface area contributed by atoms with Gasteiger partial charge in [-0.2, -0.15) is 5.10 Å². The Labute approximate surface area is 118 Å². The third-order valence-corrected chi connectivity index (χ3v) is 4.89. The van der Waals surface area contributed by atoms with Crippen molar-refractivity contribution in [2.75, 3.05) is 6.54 Å². The van der Waals surface area contributed by atoms with Gasteiger partial charge in [0.2, 0.25) is 10.0 Å². The van der Waals surface area contributed by atoms with Crippen LogP contribution in [0.15, 0.2) is 17.3 Å². The number of aryl methyl sites for hydroxylation is 1.